The van der Waals surface area contributed by atoms with Crippen LogP contribution < -0.4 is 11.1 Å². The van der Waals surface area contributed by atoms with E-state index in [-0.39, 0.29) is 0 Å². The number of rotatable bonds is 3. The van der Waals surface area contributed by atoms with Crippen molar-refractivity contribution in [1.29, 1.82) is 5.26 Å². The molecule has 1 unspecified atom stereocenters. The molecule has 0 aromatic heterocycles. The van der Waals surface area contributed by atoms with E-state index < -0.39 is 0 Å². The number of nitrogens with two attached hydrogens (primary N) is 1. The number of nitrogen functional groups attached to an aromatic ring is 1. The quantitative estimate of drug-likeness (QED) is 0.772. The predicted molar refractivity (Wildman–Crippen MR) is 69.7 cm³/mol. The summed E-state index contributed by atoms with van der Waals surface area (Å²) in [4.78, 5) is 2.34. The maximum absolute atomic E-state index is 8.89. The number of nitrogens with zero attached hydrogens (tertiary/aromatic N) is 2. The molecular weight excluding hydrogens is 212 g/mol. The van der Waals surface area contributed by atoms with Crippen molar-refractivity contribution in [3.63, 3.8) is 0 Å². The zero-order valence-electron chi connectivity index (χ0n) is 10.1. The predicted octanol–water partition coefficient (Wildman–Crippen LogP) is 1.50. The highest BCUT2D eigenvalue weighted by molar-refractivity contribution is 5.61. The lowest BCUT2D eigenvalue weighted by atomic mass is 10.1. The van der Waals surface area contributed by atoms with Gasteiger partial charge in [0, 0.05) is 24.5 Å². The van der Waals surface area contributed by atoms with Gasteiger partial charge in [0.1, 0.15) is 6.07 Å². The normalized spacial score (nSPS) is 20.1. The number of likely N-dealkylation sites (tertiary alicyclic amines) is 1. The Hall–Kier alpha value is -1.73. The van der Waals surface area contributed by atoms with Crippen molar-refractivity contribution < 1.29 is 0 Å². The van der Waals surface area contributed by atoms with Crippen molar-refractivity contribution in [1.82, 2.24) is 4.90 Å². The summed E-state index contributed by atoms with van der Waals surface area (Å²) in [6.07, 6.45) is 1.24. The molecule has 0 bridgehead atoms. The molecule has 1 atom stereocenters. The van der Waals surface area contributed by atoms with E-state index in [4.69, 9.17) is 11.0 Å². The minimum absolute atomic E-state index is 0.540. The second-order valence-corrected chi connectivity index (χ2v) is 4.71. The van der Waals surface area contributed by atoms with Gasteiger partial charge in [0.25, 0.3) is 0 Å². The van der Waals surface area contributed by atoms with E-state index in [0.29, 0.717) is 17.2 Å². The highest BCUT2D eigenvalue weighted by Gasteiger charge is 2.18. The van der Waals surface area contributed by atoms with Gasteiger partial charge in [-0.2, -0.15) is 5.26 Å². The molecule has 1 aromatic rings. The van der Waals surface area contributed by atoms with E-state index in [2.05, 4.69) is 23.3 Å². The second-order valence-electron chi connectivity index (χ2n) is 4.71. The van der Waals surface area contributed by atoms with Gasteiger partial charge in [-0.1, -0.05) is 0 Å². The molecular formula is C13H18N4. The van der Waals surface area contributed by atoms with Crippen molar-refractivity contribution in [2.75, 3.05) is 37.7 Å². The van der Waals surface area contributed by atoms with Crippen LogP contribution in [0.1, 0.15) is 12.0 Å². The van der Waals surface area contributed by atoms with Crippen molar-refractivity contribution in [2.45, 2.75) is 6.42 Å². The van der Waals surface area contributed by atoms with Crippen LogP contribution in [0.2, 0.25) is 0 Å². The van der Waals surface area contributed by atoms with Crippen LogP contribution in [0.3, 0.4) is 0 Å². The minimum Gasteiger partial charge on any atom is -0.398 e. The topological polar surface area (TPSA) is 65.1 Å². The first kappa shape index (κ1) is 11.7. The summed E-state index contributed by atoms with van der Waals surface area (Å²) in [6.45, 7) is 3.28. The number of nitrogens with one attached hydrogen (secondary N) is 1. The van der Waals surface area contributed by atoms with Crippen LogP contribution in [0.4, 0.5) is 11.4 Å². The van der Waals surface area contributed by atoms with Gasteiger partial charge in [0.2, 0.25) is 0 Å². The van der Waals surface area contributed by atoms with Crippen LogP contribution in [0.15, 0.2) is 18.2 Å². The summed E-state index contributed by atoms with van der Waals surface area (Å²) in [5.41, 5.74) is 7.74. The highest BCUT2D eigenvalue weighted by Crippen LogP contribution is 2.19. The first-order valence-corrected chi connectivity index (χ1v) is 5.91. The summed E-state index contributed by atoms with van der Waals surface area (Å²) >= 11 is 0. The molecule has 17 heavy (non-hydrogen) atoms. The molecule has 90 valence electrons. The molecule has 1 heterocycles. The van der Waals surface area contributed by atoms with Gasteiger partial charge in [0.05, 0.1) is 5.56 Å². The van der Waals surface area contributed by atoms with Gasteiger partial charge in [0.15, 0.2) is 0 Å². The van der Waals surface area contributed by atoms with Crippen LogP contribution in [0.5, 0.6) is 0 Å². The minimum atomic E-state index is 0.540. The lowest BCUT2D eigenvalue weighted by Gasteiger charge is -2.13. The van der Waals surface area contributed by atoms with E-state index in [1.807, 2.05) is 12.1 Å². The Morgan fingerprint density at radius 2 is 2.41 bits per heavy atom. The molecule has 0 saturated carbocycles. The summed E-state index contributed by atoms with van der Waals surface area (Å²) in [5, 5.41) is 12.3. The van der Waals surface area contributed by atoms with Gasteiger partial charge >= 0.3 is 0 Å². The van der Waals surface area contributed by atoms with Crippen molar-refractivity contribution in [3.05, 3.63) is 23.8 Å². The first-order valence-electron chi connectivity index (χ1n) is 5.91. The smallest absolute Gasteiger partial charge is 0.101 e. The molecule has 0 radical (unpaired) electrons. The molecule has 0 amide bonds. The second kappa shape index (κ2) is 5.07. The monoisotopic (exact) mass is 230 g/mol. The molecule has 0 spiro atoms. The highest BCUT2D eigenvalue weighted by atomic mass is 15.1. The van der Waals surface area contributed by atoms with Gasteiger partial charge in [-0.3, -0.25) is 0 Å². The largest absolute Gasteiger partial charge is 0.398 e. The third kappa shape index (κ3) is 2.89. The molecule has 1 aliphatic rings. The Kier molecular flexibility index (Phi) is 3.50. The Labute approximate surface area is 102 Å². The Balaban J connectivity index is 1.93. The zero-order valence-corrected chi connectivity index (χ0v) is 10.1. The summed E-state index contributed by atoms with van der Waals surface area (Å²) < 4.78 is 0. The first-order chi connectivity index (χ1) is 8.19. The lowest BCUT2D eigenvalue weighted by molar-refractivity contribution is 0.399. The molecule has 4 heteroatoms. The van der Waals surface area contributed by atoms with Crippen molar-refractivity contribution in [2.24, 2.45) is 5.92 Å². The zero-order chi connectivity index (χ0) is 12.3. The van der Waals surface area contributed by atoms with Gasteiger partial charge in [-0.05, 0) is 44.1 Å². The molecule has 3 N–H and O–H groups in total. The average molecular weight is 230 g/mol. The fourth-order valence-electron chi connectivity index (χ4n) is 2.22. The Morgan fingerprint density at radius 1 is 1.59 bits per heavy atom. The van der Waals surface area contributed by atoms with Crippen LogP contribution in [-0.4, -0.2) is 31.6 Å². The molecule has 4 nitrogen and oxygen atoms in total. The molecule has 1 aromatic carbocycles. The lowest BCUT2D eigenvalue weighted by Crippen LogP contribution is -2.19. The van der Waals surface area contributed by atoms with Gasteiger partial charge in [-0.25, -0.2) is 0 Å². The fraction of sp³-hybridized carbons (Fsp3) is 0.462. The van der Waals surface area contributed by atoms with Crippen LogP contribution in [0.25, 0.3) is 0 Å². The number of nitriles is 1. The number of hydrogen-bond donors (Lipinski definition) is 2. The number of hydrogen-bond acceptors (Lipinski definition) is 4. The van der Waals surface area contributed by atoms with Crippen LogP contribution in [-0.2, 0) is 0 Å². The standard InChI is InChI=1S/C13H18N4/c1-17-5-4-10(9-17)8-16-12-2-3-13(15)11(6-12)7-14/h2-3,6,10,16H,4-5,8-9,15H2,1H3. The average Bonchev–Trinajstić information content (AvgIpc) is 2.74. The van der Waals surface area contributed by atoms with E-state index in [0.717, 1.165) is 18.8 Å². The van der Waals surface area contributed by atoms with E-state index in [1.165, 1.54) is 13.0 Å². The number of benzene rings is 1. The van der Waals surface area contributed by atoms with Gasteiger partial charge < -0.3 is 16.0 Å². The summed E-state index contributed by atoms with van der Waals surface area (Å²) in [6, 6.07) is 7.62. The molecule has 1 fully saturated rings. The molecule has 0 aliphatic carbocycles. The van der Waals surface area contributed by atoms with Gasteiger partial charge in [-0.15, -0.1) is 0 Å². The summed E-state index contributed by atoms with van der Waals surface area (Å²) in [7, 11) is 2.15. The van der Waals surface area contributed by atoms with E-state index in [9.17, 15) is 0 Å². The fourth-order valence-corrected chi connectivity index (χ4v) is 2.22. The molecule has 2 rings (SSSR count). The summed E-state index contributed by atoms with van der Waals surface area (Å²) in [5.74, 6) is 0.697. The number of anilines is 2. The Morgan fingerprint density at radius 3 is 3.06 bits per heavy atom. The third-order valence-corrected chi connectivity index (χ3v) is 3.26. The maximum atomic E-state index is 8.89. The Bertz CT molecular complexity index is 436. The van der Waals surface area contributed by atoms with Crippen molar-refractivity contribution in [3.8, 4) is 6.07 Å². The van der Waals surface area contributed by atoms with E-state index >= 15 is 0 Å². The molecule has 1 saturated heterocycles. The SMILES string of the molecule is CN1CCC(CNc2ccc(N)c(C#N)c2)C1. The maximum Gasteiger partial charge on any atom is 0.101 e. The van der Waals surface area contributed by atoms with Crippen LogP contribution >= 0.6 is 0 Å². The molecule has 1 aliphatic heterocycles. The van der Waals surface area contributed by atoms with Crippen LogP contribution in [0, 0.1) is 17.2 Å². The van der Waals surface area contributed by atoms with Crippen molar-refractivity contribution >= 4 is 11.4 Å². The third-order valence-electron chi connectivity index (χ3n) is 3.26. The van der Waals surface area contributed by atoms with E-state index in [1.54, 1.807) is 6.07 Å².